The number of amides is 1. The SMILES string of the molecule is O=C(C=Cc1ccccc1)NCCn1ncc2c(=O)n(Cc3ccccc3F)cnc21. The number of fused-ring (bicyclic) bond motifs is 1. The van der Waals surface area contributed by atoms with Gasteiger partial charge in [-0.25, -0.2) is 14.1 Å². The molecular formula is C23H20FN5O2. The maximum absolute atomic E-state index is 13.9. The lowest BCUT2D eigenvalue weighted by molar-refractivity contribution is -0.116. The zero-order chi connectivity index (χ0) is 21.6. The van der Waals surface area contributed by atoms with Gasteiger partial charge in [0, 0.05) is 18.2 Å². The summed E-state index contributed by atoms with van der Waals surface area (Å²) >= 11 is 0. The molecule has 2 aromatic carbocycles. The Balaban J connectivity index is 1.41. The third-order valence-electron chi connectivity index (χ3n) is 4.77. The number of nitrogens with zero attached hydrogens (tertiary/aromatic N) is 4. The smallest absolute Gasteiger partial charge is 0.264 e. The molecule has 1 N–H and O–H groups in total. The fourth-order valence-electron chi connectivity index (χ4n) is 3.16. The number of carbonyl (C=O) groups excluding carboxylic acids is 1. The van der Waals surface area contributed by atoms with Crippen LogP contribution in [-0.2, 0) is 17.9 Å². The van der Waals surface area contributed by atoms with Crippen LogP contribution in [0.4, 0.5) is 4.39 Å². The Morgan fingerprint density at radius 3 is 2.68 bits per heavy atom. The van der Waals surface area contributed by atoms with Crippen LogP contribution < -0.4 is 10.9 Å². The molecule has 0 saturated heterocycles. The number of hydrogen-bond donors (Lipinski definition) is 1. The molecular weight excluding hydrogens is 397 g/mol. The number of aromatic nitrogens is 4. The van der Waals surface area contributed by atoms with Crippen LogP contribution in [0, 0.1) is 5.82 Å². The molecule has 4 rings (SSSR count). The van der Waals surface area contributed by atoms with Gasteiger partial charge < -0.3 is 5.32 Å². The van der Waals surface area contributed by atoms with E-state index in [1.807, 2.05) is 30.3 Å². The molecule has 0 aliphatic heterocycles. The Labute approximate surface area is 177 Å². The Kier molecular flexibility index (Phi) is 5.98. The monoisotopic (exact) mass is 417 g/mol. The maximum Gasteiger partial charge on any atom is 0.264 e. The highest BCUT2D eigenvalue weighted by Crippen LogP contribution is 2.09. The summed E-state index contributed by atoms with van der Waals surface area (Å²) in [7, 11) is 0. The molecule has 156 valence electrons. The van der Waals surface area contributed by atoms with Gasteiger partial charge in [-0.3, -0.25) is 14.2 Å². The van der Waals surface area contributed by atoms with Gasteiger partial charge in [0.1, 0.15) is 17.5 Å². The molecule has 0 fully saturated rings. The highest BCUT2D eigenvalue weighted by atomic mass is 19.1. The summed E-state index contributed by atoms with van der Waals surface area (Å²) in [4.78, 5) is 29.0. The van der Waals surface area contributed by atoms with Crippen molar-refractivity contribution in [2.75, 3.05) is 6.54 Å². The molecule has 0 spiro atoms. The van der Waals surface area contributed by atoms with Gasteiger partial charge in [-0.2, -0.15) is 5.10 Å². The van der Waals surface area contributed by atoms with Crippen molar-refractivity contribution >= 4 is 23.0 Å². The van der Waals surface area contributed by atoms with Crippen LogP contribution in [0.1, 0.15) is 11.1 Å². The first kappa shape index (κ1) is 20.2. The average molecular weight is 417 g/mol. The third kappa shape index (κ3) is 4.75. The number of rotatable bonds is 7. The molecule has 0 radical (unpaired) electrons. The number of halogens is 1. The zero-order valence-electron chi connectivity index (χ0n) is 16.6. The normalized spacial score (nSPS) is 11.3. The molecule has 0 aliphatic carbocycles. The van der Waals surface area contributed by atoms with E-state index >= 15 is 0 Å². The standard InChI is InChI=1S/C23H20FN5O2/c24-20-9-5-4-8-18(20)15-28-16-26-22-19(23(28)31)14-27-29(22)13-12-25-21(30)11-10-17-6-2-1-3-7-17/h1-11,14,16H,12-13,15H2,(H,25,30). The quantitative estimate of drug-likeness (QED) is 0.469. The van der Waals surface area contributed by atoms with Gasteiger partial charge in [0.05, 0.1) is 19.3 Å². The molecule has 0 saturated carbocycles. The van der Waals surface area contributed by atoms with Gasteiger partial charge >= 0.3 is 0 Å². The number of nitrogens with one attached hydrogen (secondary N) is 1. The maximum atomic E-state index is 13.9. The van der Waals surface area contributed by atoms with E-state index in [0.29, 0.717) is 29.7 Å². The van der Waals surface area contributed by atoms with Crippen LogP contribution >= 0.6 is 0 Å². The summed E-state index contributed by atoms with van der Waals surface area (Å²) in [6, 6.07) is 15.8. The Hall–Kier alpha value is -4.07. The number of carbonyl (C=O) groups is 1. The predicted octanol–water partition coefficient (Wildman–Crippen LogP) is 2.61. The molecule has 7 nitrogen and oxygen atoms in total. The van der Waals surface area contributed by atoms with Crippen LogP contribution in [-0.4, -0.2) is 31.8 Å². The van der Waals surface area contributed by atoms with Crippen molar-refractivity contribution in [2.24, 2.45) is 0 Å². The van der Waals surface area contributed by atoms with E-state index in [2.05, 4.69) is 15.4 Å². The van der Waals surface area contributed by atoms with E-state index < -0.39 is 0 Å². The molecule has 0 unspecified atom stereocenters. The molecule has 0 aliphatic rings. The Morgan fingerprint density at radius 2 is 1.87 bits per heavy atom. The van der Waals surface area contributed by atoms with Crippen LogP contribution in [0.3, 0.4) is 0 Å². The molecule has 2 heterocycles. The average Bonchev–Trinajstić information content (AvgIpc) is 3.20. The number of hydrogen-bond acceptors (Lipinski definition) is 4. The van der Waals surface area contributed by atoms with Gasteiger partial charge in [0.25, 0.3) is 5.56 Å². The second-order valence-electron chi connectivity index (χ2n) is 6.91. The van der Waals surface area contributed by atoms with E-state index in [1.54, 1.807) is 29.0 Å². The van der Waals surface area contributed by atoms with Crippen molar-refractivity contribution in [1.29, 1.82) is 0 Å². The fraction of sp³-hybridized carbons (Fsp3) is 0.130. The summed E-state index contributed by atoms with van der Waals surface area (Å²) in [6.45, 7) is 0.774. The number of benzene rings is 2. The van der Waals surface area contributed by atoms with E-state index in [4.69, 9.17) is 0 Å². The first-order valence-corrected chi connectivity index (χ1v) is 9.77. The third-order valence-corrected chi connectivity index (χ3v) is 4.77. The first-order valence-electron chi connectivity index (χ1n) is 9.77. The van der Waals surface area contributed by atoms with Crippen molar-refractivity contribution in [3.05, 3.63) is 100 Å². The van der Waals surface area contributed by atoms with E-state index in [0.717, 1.165) is 5.56 Å². The lowest BCUT2D eigenvalue weighted by atomic mass is 10.2. The van der Waals surface area contributed by atoms with Crippen molar-refractivity contribution in [2.45, 2.75) is 13.1 Å². The van der Waals surface area contributed by atoms with E-state index in [9.17, 15) is 14.0 Å². The highest BCUT2D eigenvalue weighted by molar-refractivity contribution is 5.91. The van der Waals surface area contributed by atoms with Crippen molar-refractivity contribution in [1.82, 2.24) is 24.6 Å². The topological polar surface area (TPSA) is 81.8 Å². The second-order valence-corrected chi connectivity index (χ2v) is 6.91. The predicted molar refractivity (Wildman–Crippen MR) is 116 cm³/mol. The van der Waals surface area contributed by atoms with Crippen LogP contribution in [0.15, 0.2) is 78.0 Å². The molecule has 8 heteroatoms. The van der Waals surface area contributed by atoms with Gasteiger partial charge in [-0.15, -0.1) is 0 Å². The van der Waals surface area contributed by atoms with Gasteiger partial charge in [0.2, 0.25) is 5.91 Å². The zero-order valence-corrected chi connectivity index (χ0v) is 16.6. The minimum absolute atomic E-state index is 0.0867. The molecule has 0 atom stereocenters. The van der Waals surface area contributed by atoms with E-state index in [-0.39, 0.29) is 23.8 Å². The van der Waals surface area contributed by atoms with Gasteiger partial charge in [-0.05, 0) is 17.7 Å². The summed E-state index contributed by atoms with van der Waals surface area (Å²) in [5, 5.41) is 7.33. The molecule has 2 aromatic heterocycles. The lowest BCUT2D eigenvalue weighted by Crippen LogP contribution is -2.26. The van der Waals surface area contributed by atoms with Crippen LogP contribution in [0.25, 0.3) is 17.1 Å². The van der Waals surface area contributed by atoms with Crippen LogP contribution in [0.2, 0.25) is 0 Å². The largest absolute Gasteiger partial charge is 0.351 e. The van der Waals surface area contributed by atoms with Crippen LogP contribution in [0.5, 0.6) is 0 Å². The molecule has 4 aromatic rings. The minimum Gasteiger partial charge on any atom is -0.351 e. The molecule has 31 heavy (non-hydrogen) atoms. The lowest BCUT2D eigenvalue weighted by Gasteiger charge is -2.07. The Morgan fingerprint density at radius 1 is 1.10 bits per heavy atom. The Bertz CT molecular complexity index is 1290. The summed E-state index contributed by atoms with van der Waals surface area (Å²) in [6.07, 6.45) is 6.03. The second kappa shape index (κ2) is 9.17. The molecule has 1 amide bonds. The summed E-state index contributed by atoms with van der Waals surface area (Å²) < 4.78 is 16.8. The van der Waals surface area contributed by atoms with Gasteiger partial charge in [-0.1, -0.05) is 48.5 Å². The van der Waals surface area contributed by atoms with Crippen molar-refractivity contribution in [3.63, 3.8) is 0 Å². The van der Waals surface area contributed by atoms with Crippen molar-refractivity contribution in [3.8, 4) is 0 Å². The summed E-state index contributed by atoms with van der Waals surface area (Å²) in [5.41, 5.74) is 1.47. The molecule has 0 bridgehead atoms. The minimum atomic E-state index is -0.373. The van der Waals surface area contributed by atoms with Crippen molar-refractivity contribution < 1.29 is 9.18 Å². The fourth-order valence-corrected chi connectivity index (χ4v) is 3.16. The first-order chi connectivity index (χ1) is 15.1. The van der Waals surface area contributed by atoms with E-state index in [1.165, 1.54) is 29.2 Å². The summed E-state index contributed by atoms with van der Waals surface area (Å²) in [5.74, 6) is -0.595. The highest BCUT2D eigenvalue weighted by Gasteiger charge is 2.11. The van der Waals surface area contributed by atoms with Gasteiger partial charge in [0.15, 0.2) is 5.65 Å².